The molecule has 0 aliphatic carbocycles. The van der Waals surface area contributed by atoms with Gasteiger partial charge in [0.25, 0.3) is 0 Å². The molecule has 0 saturated heterocycles. The number of methoxy groups -OCH3 is 1. The molecule has 0 amide bonds. The van der Waals surface area contributed by atoms with E-state index in [0.717, 1.165) is 10.0 Å². The minimum absolute atomic E-state index is 0.384. The van der Waals surface area contributed by atoms with Gasteiger partial charge in [-0.2, -0.15) is 5.10 Å². The lowest BCUT2D eigenvalue weighted by Gasteiger charge is -1.95. The number of nitrogens with zero attached hydrogens (tertiary/aromatic N) is 2. The van der Waals surface area contributed by atoms with Crippen molar-refractivity contribution in [2.75, 3.05) is 12.5 Å². The molecule has 0 atom stereocenters. The lowest BCUT2D eigenvalue weighted by Crippen LogP contribution is -1.99. The van der Waals surface area contributed by atoms with Crippen molar-refractivity contribution >= 4 is 44.6 Å². The predicted molar refractivity (Wildman–Crippen MR) is 83.5 cm³/mol. The number of thiazole rings is 1. The van der Waals surface area contributed by atoms with E-state index < -0.39 is 0 Å². The average Bonchev–Trinajstić information content (AvgIpc) is 2.81. The summed E-state index contributed by atoms with van der Waals surface area (Å²) in [4.78, 5) is 16.1. The van der Waals surface area contributed by atoms with E-state index in [1.165, 1.54) is 18.4 Å². The van der Waals surface area contributed by atoms with Crippen molar-refractivity contribution < 1.29 is 9.53 Å². The van der Waals surface area contributed by atoms with Gasteiger partial charge in [-0.15, -0.1) is 0 Å². The molecule has 1 N–H and O–H groups in total. The molecule has 7 heteroatoms. The molecule has 0 aliphatic heterocycles. The van der Waals surface area contributed by atoms with E-state index in [1.54, 1.807) is 13.1 Å². The highest BCUT2D eigenvalue weighted by atomic mass is 79.9. The summed E-state index contributed by atoms with van der Waals surface area (Å²) in [6, 6.07) is 7.74. The molecule has 0 fully saturated rings. The topological polar surface area (TPSA) is 63.6 Å². The first-order valence-electron chi connectivity index (χ1n) is 5.70. The molecule has 2 rings (SSSR count). The molecule has 0 spiro atoms. The Hall–Kier alpha value is -1.73. The zero-order valence-electron chi connectivity index (χ0n) is 10.9. The maximum atomic E-state index is 11.5. The number of rotatable bonds is 4. The van der Waals surface area contributed by atoms with Gasteiger partial charge in [-0.1, -0.05) is 39.4 Å². The summed E-state index contributed by atoms with van der Waals surface area (Å²) in [5.41, 5.74) is 4.39. The molecule has 0 saturated carbocycles. The fourth-order valence-corrected chi connectivity index (χ4v) is 2.54. The van der Waals surface area contributed by atoms with Crippen molar-refractivity contribution in [3.8, 4) is 0 Å². The molecule has 0 aliphatic rings. The third kappa shape index (κ3) is 3.64. The summed E-state index contributed by atoms with van der Waals surface area (Å²) in [6.45, 7) is 1.76. The number of hydrogen-bond donors (Lipinski definition) is 1. The van der Waals surface area contributed by atoms with Crippen molar-refractivity contribution in [3.05, 3.63) is 44.9 Å². The van der Waals surface area contributed by atoms with Gasteiger partial charge in [0.2, 0.25) is 5.13 Å². The molecule has 0 bridgehead atoms. The van der Waals surface area contributed by atoms with Crippen LogP contribution < -0.4 is 5.43 Å². The molecule has 1 aromatic heterocycles. The summed E-state index contributed by atoms with van der Waals surface area (Å²) in [5.74, 6) is -0.384. The van der Waals surface area contributed by atoms with Crippen molar-refractivity contribution in [2.45, 2.75) is 6.92 Å². The Bertz CT molecular complexity index is 638. The normalized spacial score (nSPS) is 10.8. The second kappa shape index (κ2) is 6.62. The van der Waals surface area contributed by atoms with E-state index >= 15 is 0 Å². The van der Waals surface area contributed by atoms with Gasteiger partial charge in [0, 0.05) is 4.47 Å². The third-order valence-electron chi connectivity index (χ3n) is 2.41. The standard InChI is InChI=1S/C13H12BrN3O2S/c1-8-11(12(18)19-2)20-13(16-8)17-15-7-9-3-5-10(14)6-4-9/h3-7H,1-2H3,(H,16,17). The van der Waals surface area contributed by atoms with Gasteiger partial charge in [-0.05, 0) is 24.6 Å². The van der Waals surface area contributed by atoms with Crippen LogP contribution in [0.1, 0.15) is 20.9 Å². The van der Waals surface area contributed by atoms with E-state index in [2.05, 4.69) is 36.2 Å². The van der Waals surface area contributed by atoms with Crippen molar-refractivity contribution in [1.82, 2.24) is 4.98 Å². The maximum Gasteiger partial charge on any atom is 0.350 e. The maximum absolute atomic E-state index is 11.5. The summed E-state index contributed by atoms with van der Waals surface area (Å²) < 4.78 is 5.69. The number of carbonyl (C=O) groups excluding carboxylic acids is 1. The molecular formula is C13H12BrN3O2S. The SMILES string of the molecule is COC(=O)c1sc(NN=Cc2ccc(Br)cc2)nc1C. The number of halogens is 1. The van der Waals surface area contributed by atoms with Gasteiger partial charge in [0.05, 0.1) is 19.0 Å². The second-order valence-electron chi connectivity index (χ2n) is 3.85. The molecule has 5 nitrogen and oxygen atoms in total. The fraction of sp³-hybridized carbons (Fsp3) is 0.154. The summed E-state index contributed by atoms with van der Waals surface area (Å²) in [7, 11) is 1.35. The van der Waals surface area contributed by atoms with E-state index in [0.29, 0.717) is 15.7 Å². The molecule has 1 heterocycles. The largest absolute Gasteiger partial charge is 0.465 e. The van der Waals surface area contributed by atoms with Crippen LogP contribution in [0.3, 0.4) is 0 Å². The number of aromatic nitrogens is 1. The molecule has 2 aromatic rings. The summed E-state index contributed by atoms with van der Waals surface area (Å²) >= 11 is 4.58. The number of ether oxygens (including phenoxy) is 1. The van der Waals surface area contributed by atoms with Crippen LogP contribution in [0.15, 0.2) is 33.8 Å². The van der Waals surface area contributed by atoms with Gasteiger partial charge < -0.3 is 4.74 Å². The average molecular weight is 354 g/mol. The highest BCUT2D eigenvalue weighted by molar-refractivity contribution is 9.10. The highest BCUT2D eigenvalue weighted by Crippen LogP contribution is 2.23. The third-order valence-corrected chi connectivity index (χ3v) is 3.98. The minimum Gasteiger partial charge on any atom is -0.465 e. The van der Waals surface area contributed by atoms with E-state index in [1.807, 2.05) is 24.3 Å². The number of aryl methyl sites for hydroxylation is 1. The molecule has 0 radical (unpaired) electrons. The first-order valence-corrected chi connectivity index (χ1v) is 7.31. The number of anilines is 1. The van der Waals surface area contributed by atoms with Gasteiger partial charge in [0.1, 0.15) is 4.88 Å². The van der Waals surface area contributed by atoms with Crippen LogP contribution in [-0.2, 0) is 4.74 Å². The molecular weight excluding hydrogens is 342 g/mol. The lowest BCUT2D eigenvalue weighted by atomic mass is 10.2. The Morgan fingerprint density at radius 1 is 1.45 bits per heavy atom. The number of nitrogens with one attached hydrogen (secondary N) is 1. The predicted octanol–water partition coefficient (Wildman–Crippen LogP) is 3.45. The minimum atomic E-state index is -0.384. The Balaban J connectivity index is 2.04. The lowest BCUT2D eigenvalue weighted by molar-refractivity contribution is 0.0605. The van der Waals surface area contributed by atoms with Gasteiger partial charge in [-0.25, -0.2) is 9.78 Å². The quantitative estimate of drug-likeness (QED) is 0.519. The van der Waals surface area contributed by atoms with Crippen LogP contribution in [0.2, 0.25) is 0 Å². The van der Waals surface area contributed by atoms with Crippen molar-refractivity contribution in [3.63, 3.8) is 0 Å². The fourth-order valence-electron chi connectivity index (χ4n) is 1.44. The van der Waals surface area contributed by atoms with Crippen LogP contribution >= 0.6 is 27.3 Å². The van der Waals surface area contributed by atoms with Crippen LogP contribution in [-0.4, -0.2) is 24.3 Å². The molecule has 0 unspecified atom stereocenters. The number of esters is 1. The Kier molecular flexibility index (Phi) is 4.86. The smallest absolute Gasteiger partial charge is 0.350 e. The van der Waals surface area contributed by atoms with Gasteiger partial charge in [-0.3, -0.25) is 5.43 Å². The van der Waals surface area contributed by atoms with Crippen LogP contribution in [0, 0.1) is 6.92 Å². The zero-order valence-corrected chi connectivity index (χ0v) is 13.3. The first kappa shape index (κ1) is 14.7. The van der Waals surface area contributed by atoms with E-state index in [9.17, 15) is 4.79 Å². The zero-order chi connectivity index (χ0) is 14.5. The number of benzene rings is 1. The van der Waals surface area contributed by atoms with E-state index in [-0.39, 0.29) is 5.97 Å². The Morgan fingerprint density at radius 3 is 2.80 bits per heavy atom. The van der Waals surface area contributed by atoms with Crippen LogP contribution in [0.25, 0.3) is 0 Å². The monoisotopic (exact) mass is 353 g/mol. The Labute approximate surface area is 128 Å². The number of hydrogen-bond acceptors (Lipinski definition) is 6. The molecule has 20 heavy (non-hydrogen) atoms. The van der Waals surface area contributed by atoms with Gasteiger partial charge in [0.15, 0.2) is 0 Å². The second-order valence-corrected chi connectivity index (χ2v) is 5.76. The number of carbonyl (C=O) groups is 1. The first-order chi connectivity index (χ1) is 9.60. The Morgan fingerprint density at radius 2 is 2.15 bits per heavy atom. The summed E-state index contributed by atoms with van der Waals surface area (Å²) in [5, 5.41) is 4.64. The summed E-state index contributed by atoms with van der Waals surface area (Å²) in [6.07, 6.45) is 1.68. The molecule has 104 valence electrons. The van der Waals surface area contributed by atoms with E-state index in [4.69, 9.17) is 0 Å². The van der Waals surface area contributed by atoms with Gasteiger partial charge >= 0.3 is 5.97 Å². The van der Waals surface area contributed by atoms with Crippen LogP contribution in [0.5, 0.6) is 0 Å². The highest BCUT2D eigenvalue weighted by Gasteiger charge is 2.15. The molecule has 1 aromatic carbocycles. The number of hydrazone groups is 1. The van der Waals surface area contributed by atoms with Crippen molar-refractivity contribution in [1.29, 1.82) is 0 Å². The van der Waals surface area contributed by atoms with Crippen LogP contribution in [0.4, 0.5) is 5.13 Å². The van der Waals surface area contributed by atoms with Crippen molar-refractivity contribution in [2.24, 2.45) is 5.10 Å².